The van der Waals surface area contributed by atoms with E-state index in [9.17, 15) is 19.2 Å². The fraction of sp³-hybridized carbons (Fsp3) is 0.625. The fourth-order valence-electron chi connectivity index (χ4n) is 6.65. The van der Waals surface area contributed by atoms with E-state index in [4.69, 9.17) is 14.2 Å². The number of ether oxygens (including phenoxy) is 3. The molecule has 0 unspecified atom stereocenters. The second kappa shape index (κ2) is 12.8. The maximum atomic E-state index is 14.1. The minimum Gasteiger partial charge on any atom is -0.467 e. The van der Waals surface area contributed by atoms with Gasteiger partial charge in [0.1, 0.15) is 18.2 Å². The van der Waals surface area contributed by atoms with E-state index in [0.717, 1.165) is 61.6 Å². The smallest absolute Gasteiger partial charge is 0.410 e. The SMILES string of the molecule is COC(=O)[C@@H]1C[C@@H]2CN1C(=O)[C@H](C1CCCCC1)NC(=O)OCC(C)(C)CC/C=C/c1cccc3c1CN(C3)C(=O)O2. The van der Waals surface area contributed by atoms with Crippen LogP contribution in [0.1, 0.15) is 81.9 Å². The molecule has 2 fully saturated rings. The van der Waals surface area contributed by atoms with Crippen molar-refractivity contribution < 1.29 is 33.4 Å². The summed E-state index contributed by atoms with van der Waals surface area (Å²) in [5.41, 5.74) is 2.95. The van der Waals surface area contributed by atoms with Gasteiger partial charge in [0.2, 0.25) is 5.91 Å². The van der Waals surface area contributed by atoms with E-state index in [2.05, 4.69) is 31.3 Å². The number of hydrogen-bond donors (Lipinski definition) is 1. The van der Waals surface area contributed by atoms with Crippen LogP contribution in [0.2, 0.25) is 0 Å². The Morgan fingerprint density at radius 3 is 2.64 bits per heavy atom. The average Bonchev–Trinajstić information content (AvgIpc) is 3.62. The topological polar surface area (TPSA) is 114 Å². The van der Waals surface area contributed by atoms with Crippen molar-refractivity contribution in [2.24, 2.45) is 11.3 Å². The van der Waals surface area contributed by atoms with Crippen LogP contribution in [0.3, 0.4) is 0 Å². The van der Waals surface area contributed by atoms with Gasteiger partial charge in [0.05, 0.1) is 26.8 Å². The Labute approximate surface area is 247 Å². The molecule has 3 aliphatic heterocycles. The molecule has 10 nitrogen and oxygen atoms in total. The maximum Gasteiger partial charge on any atom is 0.410 e. The van der Waals surface area contributed by atoms with Gasteiger partial charge in [-0.05, 0) is 53.7 Å². The van der Waals surface area contributed by atoms with Crippen molar-refractivity contribution in [3.05, 3.63) is 41.0 Å². The Balaban J connectivity index is 1.43. The number of nitrogens with one attached hydrogen (secondary N) is 1. The summed E-state index contributed by atoms with van der Waals surface area (Å²) < 4.78 is 16.6. The van der Waals surface area contributed by atoms with Crippen LogP contribution in [-0.2, 0) is 36.9 Å². The van der Waals surface area contributed by atoms with Crippen LogP contribution >= 0.6 is 0 Å². The molecule has 1 saturated heterocycles. The monoisotopic (exact) mass is 581 g/mol. The molecule has 10 heteroatoms. The summed E-state index contributed by atoms with van der Waals surface area (Å²) in [4.78, 5) is 56.4. The Morgan fingerprint density at radius 1 is 1.10 bits per heavy atom. The van der Waals surface area contributed by atoms with Gasteiger partial charge >= 0.3 is 18.2 Å². The van der Waals surface area contributed by atoms with Gasteiger partial charge in [-0.2, -0.15) is 0 Å². The minimum atomic E-state index is -0.912. The van der Waals surface area contributed by atoms with Crippen LogP contribution in [0, 0.1) is 11.3 Å². The fourth-order valence-corrected chi connectivity index (χ4v) is 6.65. The van der Waals surface area contributed by atoms with E-state index in [0.29, 0.717) is 13.1 Å². The van der Waals surface area contributed by atoms with Crippen LogP contribution in [0.5, 0.6) is 0 Å². The number of hydrogen-bond acceptors (Lipinski definition) is 7. The zero-order valence-electron chi connectivity index (χ0n) is 24.9. The molecule has 42 heavy (non-hydrogen) atoms. The number of allylic oxidation sites excluding steroid dienone is 1. The molecule has 4 aliphatic rings. The molecule has 0 aromatic heterocycles. The Kier molecular flexibility index (Phi) is 9.08. The first-order chi connectivity index (χ1) is 20.1. The molecule has 0 spiro atoms. The van der Waals surface area contributed by atoms with Gasteiger partial charge in [0.15, 0.2) is 0 Å². The van der Waals surface area contributed by atoms with E-state index in [1.807, 2.05) is 18.2 Å². The van der Waals surface area contributed by atoms with Crippen molar-refractivity contribution in [3.63, 3.8) is 0 Å². The van der Waals surface area contributed by atoms with Crippen LogP contribution in [0.25, 0.3) is 6.08 Å². The minimum absolute atomic E-state index is 0.0477. The highest BCUT2D eigenvalue weighted by Gasteiger charge is 2.46. The quantitative estimate of drug-likeness (QED) is 0.395. The third-order valence-electron chi connectivity index (χ3n) is 9.10. The van der Waals surface area contributed by atoms with Gasteiger partial charge in [0.25, 0.3) is 0 Å². The lowest BCUT2D eigenvalue weighted by atomic mass is 9.83. The standard InChI is InChI=1S/C32H43N3O7/c1-32(2)15-8-7-10-21-13-9-14-23-17-34(19-25(21)23)31(39)42-24-16-26(29(37)40-3)35(18-24)28(36)27(33-30(38)41-20-32)22-11-5-4-6-12-22/h7,9-10,13-14,22,24,26-27H,4-6,8,11-12,15-20H2,1-3H3,(H,33,38)/b10-7+/t24-,26+,27+/m1/s1. The van der Waals surface area contributed by atoms with Crippen LogP contribution in [0.15, 0.2) is 24.3 Å². The van der Waals surface area contributed by atoms with Crippen molar-refractivity contribution >= 4 is 30.1 Å². The molecular weight excluding hydrogens is 538 g/mol. The molecule has 3 atom stereocenters. The van der Waals surface area contributed by atoms with Crippen molar-refractivity contribution in [2.45, 2.75) is 96.5 Å². The zero-order valence-corrected chi connectivity index (χ0v) is 24.9. The molecule has 228 valence electrons. The number of carbonyl (C=O) groups excluding carboxylic acids is 4. The first-order valence-electron chi connectivity index (χ1n) is 15.2. The predicted molar refractivity (Wildman–Crippen MR) is 155 cm³/mol. The molecule has 4 bridgehead atoms. The second-order valence-electron chi connectivity index (χ2n) is 12.8. The number of benzene rings is 1. The molecule has 3 heterocycles. The number of methoxy groups -OCH3 is 1. The van der Waals surface area contributed by atoms with Crippen molar-refractivity contribution in [2.75, 3.05) is 20.3 Å². The summed E-state index contributed by atoms with van der Waals surface area (Å²) in [5, 5.41) is 2.86. The van der Waals surface area contributed by atoms with E-state index >= 15 is 0 Å². The van der Waals surface area contributed by atoms with Crippen LogP contribution < -0.4 is 5.32 Å². The number of fused-ring (bicyclic) bond motifs is 3. The molecule has 1 N–H and O–H groups in total. The molecule has 1 saturated carbocycles. The summed E-state index contributed by atoms with van der Waals surface area (Å²) in [6.45, 7) is 5.23. The number of cyclic esters (lactones) is 1. The molecule has 3 amide bonds. The Bertz CT molecular complexity index is 1220. The average molecular weight is 582 g/mol. The molecule has 1 aromatic rings. The van der Waals surface area contributed by atoms with Crippen molar-refractivity contribution in [3.8, 4) is 0 Å². The molecule has 0 radical (unpaired) electrons. The summed E-state index contributed by atoms with van der Waals surface area (Å²) in [6, 6.07) is 4.30. The lowest BCUT2D eigenvalue weighted by molar-refractivity contribution is -0.152. The van der Waals surface area contributed by atoms with Gasteiger partial charge in [-0.15, -0.1) is 0 Å². The van der Waals surface area contributed by atoms with Crippen molar-refractivity contribution in [1.82, 2.24) is 15.1 Å². The van der Waals surface area contributed by atoms with E-state index < -0.39 is 36.3 Å². The Hall–Kier alpha value is -3.56. The largest absolute Gasteiger partial charge is 0.467 e. The highest BCUT2D eigenvalue weighted by molar-refractivity contribution is 5.90. The van der Waals surface area contributed by atoms with E-state index in [1.165, 1.54) is 12.0 Å². The zero-order chi connectivity index (χ0) is 29.9. The number of nitrogens with zero attached hydrogens (tertiary/aromatic N) is 2. The summed E-state index contributed by atoms with van der Waals surface area (Å²) in [5.74, 6) is -1.02. The van der Waals surface area contributed by atoms with E-state index in [1.54, 1.807) is 4.90 Å². The predicted octanol–water partition coefficient (Wildman–Crippen LogP) is 4.79. The molecule has 5 rings (SSSR count). The number of esters is 1. The van der Waals surface area contributed by atoms with Gasteiger partial charge in [-0.3, -0.25) is 9.69 Å². The maximum absolute atomic E-state index is 14.1. The lowest BCUT2D eigenvalue weighted by Gasteiger charge is -2.34. The molecule has 1 aliphatic carbocycles. The first-order valence-corrected chi connectivity index (χ1v) is 15.2. The van der Waals surface area contributed by atoms with Crippen LogP contribution in [-0.4, -0.2) is 72.3 Å². The van der Waals surface area contributed by atoms with E-state index in [-0.39, 0.29) is 36.8 Å². The highest BCUT2D eigenvalue weighted by Crippen LogP contribution is 2.32. The summed E-state index contributed by atoms with van der Waals surface area (Å²) in [6.07, 6.45) is 8.73. The Morgan fingerprint density at radius 2 is 1.88 bits per heavy atom. The number of alkyl carbamates (subject to hydrolysis) is 1. The first kappa shape index (κ1) is 29.9. The van der Waals surface area contributed by atoms with Gasteiger partial charge in [-0.25, -0.2) is 14.4 Å². The second-order valence-corrected chi connectivity index (χ2v) is 12.8. The summed E-state index contributed by atoms with van der Waals surface area (Å²) >= 11 is 0. The lowest BCUT2D eigenvalue weighted by Crippen LogP contribution is -2.55. The van der Waals surface area contributed by atoms with Gasteiger partial charge in [0, 0.05) is 13.0 Å². The van der Waals surface area contributed by atoms with Gasteiger partial charge in [-0.1, -0.05) is 63.5 Å². The number of amides is 3. The van der Waals surface area contributed by atoms with Gasteiger partial charge < -0.3 is 24.4 Å². The van der Waals surface area contributed by atoms with Crippen LogP contribution in [0.4, 0.5) is 9.59 Å². The third-order valence-corrected chi connectivity index (χ3v) is 9.10. The third kappa shape index (κ3) is 6.73. The van der Waals surface area contributed by atoms with Crippen molar-refractivity contribution in [1.29, 1.82) is 0 Å². The molecule has 1 aromatic carbocycles. The number of carbonyl (C=O) groups is 4. The highest BCUT2D eigenvalue weighted by atomic mass is 16.6. The molecular formula is C32H43N3O7. The normalized spacial score (nSPS) is 28.0. The summed E-state index contributed by atoms with van der Waals surface area (Å²) in [7, 11) is 1.28. The number of rotatable bonds is 2.